The lowest BCUT2D eigenvalue weighted by atomic mass is 10.2. The molecule has 8 heteroatoms. The van der Waals surface area contributed by atoms with Gasteiger partial charge < -0.3 is 20.1 Å². The number of amides is 2. The highest BCUT2D eigenvalue weighted by atomic mass is 32.2. The van der Waals surface area contributed by atoms with Crippen LogP contribution in [0.4, 0.5) is 17.2 Å². The van der Waals surface area contributed by atoms with Crippen molar-refractivity contribution >= 4 is 40.8 Å². The van der Waals surface area contributed by atoms with Gasteiger partial charge in [-0.3, -0.25) is 9.59 Å². The summed E-state index contributed by atoms with van der Waals surface area (Å²) in [4.78, 5) is 26.6. The predicted octanol–water partition coefficient (Wildman–Crippen LogP) is 3.92. The number of nitrogens with zero attached hydrogens (tertiary/aromatic N) is 2. The number of aryl methyl sites for hydroxylation is 1. The average molecular weight is 405 g/mol. The molecule has 0 aliphatic carbocycles. The molecule has 0 aliphatic heterocycles. The zero-order chi connectivity index (χ0) is 20.7. The highest BCUT2D eigenvalue weighted by molar-refractivity contribution is 8.01. The number of carbonyl (C=O) groups is 2. The Morgan fingerprint density at radius 2 is 1.86 bits per heavy atom. The molecule has 0 saturated carbocycles. The normalized spacial score (nSPS) is 11.9. The number of aromatic nitrogens is 1. The van der Waals surface area contributed by atoms with E-state index in [-0.39, 0.29) is 17.6 Å². The second-order valence-corrected chi connectivity index (χ2v) is 8.07. The quantitative estimate of drug-likeness (QED) is 0.659. The fraction of sp³-hybridized carbons (Fsp3) is 0.450. The number of rotatable bonds is 9. The van der Waals surface area contributed by atoms with E-state index >= 15 is 0 Å². The molecule has 1 aromatic heterocycles. The van der Waals surface area contributed by atoms with Gasteiger partial charge in [-0.15, -0.1) is 11.8 Å². The first-order chi connectivity index (χ1) is 13.3. The van der Waals surface area contributed by atoms with Gasteiger partial charge >= 0.3 is 0 Å². The summed E-state index contributed by atoms with van der Waals surface area (Å²) in [5.41, 5.74) is 1.86. The molecular weight excluding hydrogens is 376 g/mol. The standard InChI is InChI=1S/C20H28N4O3S/c1-6-24(13(2)3)17-9-7-16(8-10-17)21-19(25)12-28-15(5)20(26)22-18-11-14(4)27-23-18/h7-11,13,15H,6,12H2,1-5H3,(H,21,25)(H,22,23,26). The van der Waals surface area contributed by atoms with Crippen LogP contribution >= 0.6 is 11.8 Å². The Hall–Kier alpha value is -2.48. The van der Waals surface area contributed by atoms with E-state index in [1.807, 2.05) is 24.3 Å². The van der Waals surface area contributed by atoms with Crippen molar-refractivity contribution in [2.24, 2.45) is 0 Å². The van der Waals surface area contributed by atoms with E-state index in [0.717, 1.165) is 17.9 Å². The minimum absolute atomic E-state index is 0.147. The number of hydrogen-bond acceptors (Lipinski definition) is 6. The van der Waals surface area contributed by atoms with E-state index in [1.54, 1.807) is 19.9 Å². The third-order valence-corrected chi connectivity index (χ3v) is 5.30. The molecule has 2 rings (SSSR count). The summed E-state index contributed by atoms with van der Waals surface area (Å²) in [7, 11) is 0. The van der Waals surface area contributed by atoms with Crippen LogP contribution in [0.15, 0.2) is 34.9 Å². The highest BCUT2D eigenvalue weighted by Gasteiger charge is 2.17. The zero-order valence-corrected chi connectivity index (χ0v) is 17.8. The lowest BCUT2D eigenvalue weighted by Gasteiger charge is -2.27. The average Bonchev–Trinajstić information content (AvgIpc) is 3.06. The fourth-order valence-electron chi connectivity index (χ4n) is 2.71. The summed E-state index contributed by atoms with van der Waals surface area (Å²) in [6.07, 6.45) is 0. The molecule has 0 saturated heterocycles. The minimum atomic E-state index is -0.394. The maximum atomic E-state index is 12.2. The van der Waals surface area contributed by atoms with Gasteiger partial charge in [-0.25, -0.2) is 0 Å². The van der Waals surface area contributed by atoms with Crippen LogP contribution in [0.25, 0.3) is 0 Å². The van der Waals surface area contributed by atoms with Gasteiger partial charge in [0.25, 0.3) is 0 Å². The minimum Gasteiger partial charge on any atom is -0.369 e. The van der Waals surface area contributed by atoms with Crippen LogP contribution in [-0.2, 0) is 9.59 Å². The van der Waals surface area contributed by atoms with Crippen molar-refractivity contribution in [3.8, 4) is 0 Å². The summed E-state index contributed by atoms with van der Waals surface area (Å²) in [5, 5.41) is 8.86. The topological polar surface area (TPSA) is 87.5 Å². The number of nitrogens with one attached hydrogen (secondary N) is 2. The molecule has 7 nitrogen and oxygen atoms in total. The van der Waals surface area contributed by atoms with Crippen LogP contribution in [-0.4, -0.2) is 40.6 Å². The van der Waals surface area contributed by atoms with Crippen LogP contribution in [0.5, 0.6) is 0 Å². The summed E-state index contributed by atoms with van der Waals surface area (Å²) in [6.45, 7) is 10.8. The van der Waals surface area contributed by atoms with Gasteiger partial charge in [-0.05, 0) is 58.9 Å². The first-order valence-electron chi connectivity index (χ1n) is 9.32. The van der Waals surface area contributed by atoms with Gasteiger partial charge in [-0.1, -0.05) is 5.16 Å². The second kappa shape index (κ2) is 10.2. The molecule has 0 fully saturated rings. The number of hydrogen-bond donors (Lipinski definition) is 2. The van der Waals surface area contributed by atoms with E-state index in [1.165, 1.54) is 11.8 Å². The molecule has 2 aromatic rings. The lowest BCUT2D eigenvalue weighted by Crippen LogP contribution is -2.30. The third kappa shape index (κ3) is 6.30. The van der Waals surface area contributed by atoms with Gasteiger partial charge in [0.1, 0.15) is 5.76 Å². The van der Waals surface area contributed by atoms with Gasteiger partial charge in [0.2, 0.25) is 11.8 Å². The van der Waals surface area contributed by atoms with Crippen LogP contribution in [0, 0.1) is 6.92 Å². The van der Waals surface area contributed by atoms with Crippen molar-refractivity contribution in [3.63, 3.8) is 0 Å². The molecule has 1 heterocycles. The van der Waals surface area contributed by atoms with Gasteiger partial charge in [-0.2, -0.15) is 0 Å². The van der Waals surface area contributed by atoms with Gasteiger partial charge in [0, 0.05) is 30.0 Å². The summed E-state index contributed by atoms with van der Waals surface area (Å²) < 4.78 is 4.91. The molecule has 2 N–H and O–H groups in total. The first kappa shape index (κ1) is 21.8. The van der Waals surface area contributed by atoms with Crippen molar-refractivity contribution in [2.75, 3.05) is 27.8 Å². The SMILES string of the molecule is CCN(c1ccc(NC(=O)CSC(C)C(=O)Nc2cc(C)on2)cc1)C(C)C. The molecule has 0 aliphatic rings. The fourth-order valence-corrected chi connectivity index (χ4v) is 3.39. The van der Waals surface area contributed by atoms with Crippen molar-refractivity contribution in [2.45, 2.75) is 45.9 Å². The number of thioether (sulfide) groups is 1. The van der Waals surface area contributed by atoms with Crippen LogP contribution in [0.1, 0.15) is 33.5 Å². The van der Waals surface area contributed by atoms with Crippen molar-refractivity contribution in [1.29, 1.82) is 0 Å². The predicted molar refractivity (Wildman–Crippen MR) is 115 cm³/mol. The second-order valence-electron chi connectivity index (χ2n) is 6.74. The van der Waals surface area contributed by atoms with E-state index in [0.29, 0.717) is 17.6 Å². The Morgan fingerprint density at radius 1 is 1.18 bits per heavy atom. The van der Waals surface area contributed by atoms with Crippen molar-refractivity contribution in [3.05, 3.63) is 36.1 Å². The van der Waals surface area contributed by atoms with E-state index in [4.69, 9.17) is 4.52 Å². The van der Waals surface area contributed by atoms with Crippen LogP contribution in [0.3, 0.4) is 0 Å². The Bertz CT molecular complexity index is 789. The van der Waals surface area contributed by atoms with Gasteiger partial charge in [0.05, 0.1) is 11.0 Å². The Kier molecular flexibility index (Phi) is 7.92. The molecule has 152 valence electrons. The molecule has 1 unspecified atom stereocenters. The smallest absolute Gasteiger partial charge is 0.238 e. The lowest BCUT2D eigenvalue weighted by molar-refractivity contribution is -0.115. The molecule has 0 bridgehead atoms. The third-order valence-electron chi connectivity index (χ3n) is 4.16. The maximum absolute atomic E-state index is 12.2. The molecule has 28 heavy (non-hydrogen) atoms. The number of benzene rings is 1. The summed E-state index contributed by atoms with van der Waals surface area (Å²) >= 11 is 1.26. The Morgan fingerprint density at radius 3 is 2.39 bits per heavy atom. The summed E-state index contributed by atoms with van der Waals surface area (Å²) in [5.74, 6) is 0.814. The number of carbonyl (C=O) groups excluding carboxylic acids is 2. The maximum Gasteiger partial charge on any atom is 0.238 e. The van der Waals surface area contributed by atoms with Crippen molar-refractivity contribution < 1.29 is 14.1 Å². The largest absolute Gasteiger partial charge is 0.369 e. The molecule has 0 spiro atoms. The zero-order valence-electron chi connectivity index (χ0n) is 17.0. The van der Waals surface area contributed by atoms with Crippen LogP contribution < -0.4 is 15.5 Å². The van der Waals surface area contributed by atoms with E-state index in [2.05, 4.69) is 41.5 Å². The molecular formula is C20H28N4O3S. The van der Waals surface area contributed by atoms with E-state index in [9.17, 15) is 9.59 Å². The Balaban J connectivity index is 1.80. The monoisotopic (exact) mass is 404 g/mol. The summed E-state index contributed by atoms with van der Waals surface area (Å²) in [6, 6.07) is 9.85. The van der Waals surface area contributed by atoms with Crippen molar-refractivity contribution in [1.82, 2.24) is 5.16 Å². The van der Waals surface area contributed by atoms with Crippen LogP contribution in [0.2, 0.25) is 0 Å². The first-order valence-corrected chi connectivity index (χ1v) is 10.4. The highest BCUT2D eigenvalue weighted by Crippen LogP contribution is 2.20. The molecule has 1 aromatic carbocycles. The molecule has 0 radical (unpaired) electrons. The Labute approximate surface area is 170 Å². The van der Waals surface area contributed by atoms with Gasteiger partial charge in [0.15, 0.2) is 5.82 Å². The number of anilines is 3. The molecule has 1 atom stereocenters. The van der Waals surface area contributed by atoms with E-state index < -0.39 is 5.25 Å². The molecule has 2 amide bonds.